The summed E-state index contributed by atoms with van der Waals surface area (Å²) in [4.78, 5) is 2.33. The van der Waals surface area contributed by atoms with Crippen LogP contribution in [0.15, 0.2) is 24.3 Å². The SMILES string of the molecule is CS(=O)(=O)NCCN1CCSC[C@H]1c1ccc(Cl)cc1. The van der Waals surface area contributed by atoms with Crippen molar-refractivity contribution in [3.8, 4) is 0 Å². The second kappa shape index (κ2) is 7.13. The normalized spacial score (nSPS) is 21.0. The van der Waals surface area contributed by atoms with E-state index in [-0.39, 0.29) is 0 Å². The summed E-state index contributed by atoms with van der Waals surface area (Å²) in [7, 11) is -3.11. The van der Waals surface area contributed by atoms with Gasteiger partial charge in [-0.05, 0) is 17.7 Å². The number of sulfonamides is 1. The van der Waals surface area contributed by atoms with Gasteiger partial charge in [0.05, 0.1) is 6.26 Å². The molecular weight excluding hydrogens is 316 g/mol. The van der Waals surface area contributed by atoms with Crippen molar-refractivity contribution in [2.45, 2.75) is 6.04 Å². The van der Waals surface area contributed by atoms with E-state index in [4.69, 9.17) is 11.6 Å². The largest absolute Gasteiger partial charge is 0.293 e. The van der Waals surface area contributed by atoms with Gasteiger partial charge in [0.2, 0.25) is 10.0 Å². The monoisotopic (exact) mass is 334 g/mol. The fraction of sp³-hybridized carbons (Fsp3) is 0.538. The Labute approximate surface area is 129 Å². The number of thioether (sulfide) groups is 1. The third kappa shape index (κ3) is 4.93. The second-order valence-corrected chi connectivity index (χ2v) is 8.26. The van der Waals surface area contributed by atoms with Crippen molar-refractivity contribution in [2.24, 2.45) is 0 Å². The Balaban J connectivity index is 2.00. The molecule has 0 radical (unpaired) electrons. The van der Waals surface area contributed by atoms with E-state index >= 15 is 0 Å². The van der Waals surface area contributed by atoms with Crippen molar-refractivity contribution in [1.29, 1.82) is 0 Å². The van der Waals surface area contributed by atoms with Crippen molar-refractivity contribution in [1.82, 2.24) is 9.62 Å². The lowest BCUT2D eigenvalue weighted by Crippen LogP contribution is -2.41. The number of nitrogens with zero attached hydrogens (tertiary/aromatic N) is 1. The number of rotatable bonds is 5. The Kier molecular flexibility index (Phi) is 5.74. The summed E-state index contributed by atoms with van der Waals surface area (Å²) in [5.41, 5.74) is 1.24. The maximum atomic E-state index is 11.1. The zero-order valence-corrected chi connectivity index (χ0v) is 13.8. The van der Waals surface area contributed by atoms with Gasteiger partial charge in [-0.1, -0.05) is 23.7 Å². The molecule has 0 unspecified atom stereocenters. The van der Waals surface area contributed by atoms with Gasteiger partial charge < -0.3 is 0 Å². The van der Waals surface area contributed by atoms with Crippen LogP contribution >= 0.6 is 23.4 Å². The highest BCUT2D eigenvalue weighted by Gasteiger charge is 2.24. The van der Waals surface area contributed by atoms with Gasteiger partial charge in [0.15, 0.2) is 0 Å². The smallest absolute Gasteiger partial charge is 0.208 e. The van der Waals surface area contributed by atoms with Crippen LogP contribution in [0.1, 0.15) is 11.6 Å². The second-order valence-electron chi connectivity index (χ2n) is 4.84. The number of hydrogen-bond acceptors (Lipinski definition) is 4. The van der Waals surface area contributed by atoms with E-state index in [0.29, 0.717) is 12.6 Å². The van der Waals surface area contributed by atoms with Crippen molar-refractivity contribution in [3.63, 3.8) is 0 Å². The molecule has 1 aromatic rings. The van der Waals surface area contributed by atoms with Crippen LogP contribution in [0.2, 0.25) is 5.02 Å². The van der Waals surface area contributed by atoms with Gasteiger partial charge in [-0.25, -0.2) is 13.1 Å². The molecule has 112 valence electrons. The summed E-state index contributed by atoms with van der Waals surface area (Å²) < 4.78 is 24.8. The van der Waals surface area contributed by atoms with Crippen LogP contribution in [0.5, 0.6) is 0 Å². The summed E-state index contributed by atoms with van der Waals surface area (Å²) in [5.74, 6) is 2.11. The van der Waals surface area contributed by atoms with Crippen LogP contribution in [0.3, 0.4) is 0 Å². The Morgan fingerprint density at radius 3 is 2.75 bits per heavy atom. The van der Waals surface area contributed by atoms with E-state index in [0.717, 1.165) is 29.6 Å². The molecule has 1 saturated heterocycles. The van der Waals surface area contributed by atoms with Gasteiger partial charge >= 0.3 is 0 Å². The maximum absolute atomic E-state index is 11.1. The third-order valence-electron chi connectivity index (χ3n) is 3.26. The minimum absolute atomic E-state index is 0.326. The summed E-state index contributed by atoms with van der Waals surface area (Å²) in [6, 6.07) is 8.24. The highest BCUT2D eigenvalue weighted by atomic mass is 35.5. The molecule has 2 rings (SSSR count). The van der Waals surface area contributed by atoms with Gasteiger partial charge in [0.25, 0.3) is 0 Å². The average Bonchev–Trinajstić information content (AvgIpc) is 2.39. The van der Waals surface area contributed by atoms with Gasteiger partial charge in [0, 0.05) is 42.2 Å². The number of nitrogens with one attached hydrogen (secondary N) is 1. The zero-order chi connectivity index (χ0) is 14.6. The Morgan fingerprint density at radius 2 is 2.10 bits per heavy atom. The average molecular weight is 335 g/mol. The fourth-order valence-corrected chi connectivity index (χ4v) is 4.02. The first-order chi connectivity index (χ1) is 9.46. The van der Waals surface area contributed by atoms with Crippen LogP contribution in [-0.2, 0) is 10.0 Å². The lowest BCUT2D eigenvalue weighted by Gasteiger charge is -2.35. The van der Waals surface area contributed by atoms with Crippen LogP contribution in [0.4, 0.5) is 0 Å². The van der Waals surface area contributed by atoms with E-state index in [9.17, 15) is 8.42 Å². The van der Waals surface area contributed by atoms with Crippen LogP contribution in [0.25, 0.3) is 0 Å². The predicted octanol–water partition coefficient (Wildman–Crippen LogP) is 1.98. The van der Waals surface area contributed by atoms with Crippen molar-refractivity contribution in [2.75, 3.05) is 37.4 Å². The first-order valence-electron chi connectivity index (χ1n) is 6.47. The molecule has 1 fully saturated rings. The molecule has 1 heterocycles. The van der Waals surface area contributed by atoms with Crippen molar-refractivity contribution < 1.29 is 8.42 Å². The van der Waals surface area contributed by atoms with Gasteiger partial charge in [-0.2, -0.15) is 11.8 Å². The highest BCUT2D eigenvalue weighted by molar-refractivity contribution is 7.99. The molecular formula is C13H19ClN2O2S2. The zero-order valence-electron chi connectivity index (χ0n) is 11.4. The molecule has 0 saturated carbocycles. The molecule has 1 aromatic carbocycles. The highest BCUT2D eigenvalue weighted by Crippen LogP contribution is 2.29. The van der Waals surface area contributed by atoms with Gasteiger partial charge in [0.1, 0.15) is 0 Å². The maximum Gasteiger partial charge on any atom is 0.208 e. The molecule has 4 nitrogen and oxygen atoms in total. The van der Waals surface area contributed by atoms with E-state index in [2.05, 4.69) is 21.8 Å². The van der Waals surface area contributed by atoms with E-state index < -0.39 is 10.0 Å². The third-order valence-corrected chi connectivity index (χ3v) is 5.26. The van der Waals surface area contributed by atoms with E-state index in [1.54, 1.807) is 0 Å². The molecule has 7 heteroatoms. The minimum atomic E-state index is -3.11. The summed E-state index contributed by atoms with van der Waals surface area (Å²) in [6.07, 6.45) is 1.19. The molecule has 0 aromatic heterocycles. The lowest BCUT2D eigenvalue weighted by atomic mass is 10.1. The molecule has 0 spiro atoms. The Bertz CT molecular complexity index is 534. The minimum Gasteiger partial charge on any atom is -0.293 e. The molecule has 1 N–H and O–H groups in total. The van der Waals surface area contributed by atoms with Crippen LogP contribution in [-0.4, -0.2) is 50.7 Å². The molecule has 20 heavy (non-hydrogen) atoms. The Morgan fingerprint density at radius 1 is 1.40 bits per heavy atom. The van der Waals surface area contributed by atoms with Crippen LogP contribution in [0, 0.1) is 0 Å². The first kappa shape index (κ1) is 16.1. The first-order valence-corrected chi connectivity index (χ1v) is 9.90. The Hall–Kier alpha value is -0.270. The molecule has 1 atom stereocenters. The van der Waals surface area contributed by atoms with Crippen molar-refractivity contribution >= 4 is 33.4 Å². The van der Waals surface area contributed by atoms with E-state index in [1.165, 1.54) is 11.8 Å². The molecule has 0 bridgehead atoms. The number of halogens is 1. The van der Waals surface area contributed by atoms with Crippen molar-refractivity contribution in [3.05, 3.63) is 34.9 Å². The fourth-order valence-electron chi connectivity index (χ4n) is 2.27. The quantitative estimate of drug-likeness (QED) is 0.894. The van der Waals surface area contributed by atoms with E-state index in [1.807, 2.05) is 23.9 Å². The summed E-state index contributed by atoms with van der Waals surface area (Å²) in [6.45, 7) is 2.15. The standard InChI is InChI=1S/C13H19ClN2O2S2/c1-20(17,18)15-6-7-16-8-9-19-10-13(16)11-2-4-12(14)5-3-11/h2-5,13,15H,6-10H2,1H3/t13-/m0/s1. The van der Waals surface area contributed by atoms with Crippen LogP contribution < -0.4 is 4.72 Å². The molecule has 0 aliphatic carbocycles. The molecule has 0 amide bonds. The number of hydrogen-bond donors (Lipinski definition) is 1. The summed E-state index contributed by atoms with van der Waals surface area (Å²) in [5, 5.41) is 0.738. The summed E-state index contributed by atoms with van der Waals surface area (Å²) >= 11 is 7.86. The topological polar surface area (TPSA) is 49.4 Å². The molecule has 1 aliphatic heterocycles. The van der Waals surface area contributed by atoms with Gasteiger partial charge in [-0.3, -0.25) is 4.90 Å². The van der Waals surface area contributed by atoms with Gasteiger partial charge in [-0.15, -0.1) is 0 Å². The molecule has 1 aliphatic rings. The lowest BCUT2D eigenvalue weighted by molar-refractivity contribution is 0.225. The predicted molar refractivity (Wildman–Crippen MR) is 85.9 cm³/mol. The number of benzene rings is 1.